The Morgan fingerprint density at radius 3 is 2.36 bits per heavy atom. The van der Waals surface area contributed by atoms with Crippen LogP contribution < -0.4 is 5.73 Å². The highest BCUT2D eigenvalue weighted by molar-refractivity contribution is 5.34. The fraction of sp³-hybridized carbons (Fsp3) is 0.667. The topological polar surface area (TPSA) is 131 Å². The summed E-state index contributed by atoms with van der Waals surface area (Å²) in [4.78, 5) is 31.5. The quantitative estimate of drug-likeness (QED) is 0.289. The zero-order valence-electron chi connectivity index (χ0n) is 19.7. The number of hydrogen-bond acceptors (Lipinski definition) is 7. The maximum atomic E-state index is 11.2. The molecule has 5 atom stereocenters. The van der Waals surface area contributed by atoms with Gasteiger partial charge in [-0.15, -0.1) is 20.2 Å². The predicted molar refractivity (Wildman–Crippen MR) is 123 cm³/mol. The van der Waals surface area contributed by atoms with Gasteiger partial charge in [0.1, 0.15) is 12.7 Å². The normalized spacial score (nSPS) is 30.6. The zero-order chi connectivity index (χ0) is 24.3. The average Bonchev–Trinajstić information content (AvgIpc) is 2.71. The van der Waals surface area contributed by atoms with Crippen molar-refractivity contribution in [2.75, 3.05) is 13.2 Å². The lowest BCUT2D eigenvalue weighted by atomic mass is 9.48. The van der Waals surface area contributed by atoms with Gasteiger partial charge in [-0.25, -0.2) is 0 Å². The number of hydrogen-bond donors (Lipinski definition) is 1. The highest BCUT2D eigenvalue weighted by Gasteiger charge is 2.53. The van der Waals surface area contributed by atoms with Gasteiger partial charge in [0.05, 0.1) is 0 Å². The van der Waals surface area contributed by atoms with Crippen LogP contribution >= 0.6 is 0 Å². The molecule has 33 heavy (non-hydrogen) atoms. The zero-order valence-corrected chi connectivity index (χ0v) is 19.7. The molecule has 9 heteroatoms. The Kier molecular flexibility index (Phi) is 7.31. The molecule has 0 aromatic heterocycles. The maximum absolute atomic E-state index is 11.2. The molecule has 0 aliphatic heterocycles. The predicted octanol–water partition coefficient (Wildman–Crippen LogP) is 4.61. The van der Waals surface area contributed by atoms with Crippen molar-refractivity contribution in [1.82, 2.24) is 0 Å². The second kappa shape index (κ2) is 9.67. The van der Waals surface area contributed by atoms with Crippen molar-refractivity contribution in [3.63, 3.8) is 0 Å². The molecule has 2 bridgehead atoms. The lowest BCUT2D eigenvalue weighted by molar-refractivity contribution is -0.792. The van der Waals surface area contributed by atoms with Crippen LogP contribution in [0, 0.1) is 37.0 Å². The summed E-state index contributed by atoms with van der Waals surface area (Å²) in [5, 5.41) is 20.2. The smallest absolute Gasteiger partial charge is 0.294 e. The minimum Gasteiger partial charge on any atom is -0.330 e. The van der Waals surface area contributed by atoms with E-state index in [0.717, 1.165) is 32.1 Å². The van der Waals surface area contributed by atoms with Crippen molar-refractivity contribution >= 4 is 0 Å². The number of allylic oxidation sites excluding steroid dienone is 2. The van der Waals surface area contributed by atoms with Crippen LogP contribution in [0.15, 0.2) is 42.0 Å². The van der Waals surface area contributed by atoms with Gasteiger partial charge in [0, 0.05) is 0 Å². The number of nitrogens with two attached hydrogens (primary N) is 1. The fourth-order valence-electron chi connectivity index (χ4n) is 7.02. The van der Waals surface area contributed by atoms with Crippen LogP contribution in [0.5, 0.6) is 0 Å². The lowest BCUT2D eigenvalue weighted by Gasteiger charge is -2.56. The number of benzene rings is 1. The summed E-state index contributed by atoms with van der Waals surface area (Å²) in [5.74, 6) is -0.323. The molecule has 5 unspecified atom stereocenters. The van der Waals surface area contributed by atoms with Crippen LogP contribution in [0.3, 0.4) is 0 Å². The molecule has 0 amide bonds. The van der Waals surface area contributed by atoms with E-state index in [2.05, 4.69) is 49.0 Å². The van der Waals surface area contributed by atoms with Gasteiger partial charge in [-0.2, -0.15) is 0 Å². The van der Waals surface area contributed by atoms with Crippen LogP contribution in [-0.2, 0) is 15.1 Å². The largest absolute Gasteiger partial charge is 0.330 e. The van der Waals surface area contributed by atoms with Gasteiger partial charge in [0.25, 0.3) is 10.2 Å². The molecule has 0 spiro atoms. The van der Waals surface area contributed by atoms with Gasteiger partial charge in [-0.3, -0.25) is 0 Å². The Hall–Kier alpha value is -2.68. The molecule has 0 heterocycles. The van der Waals surface area contributed by atoms with E-state index in [1.165, 1.54) is 11.1 Å². The molecule has 2 aliphatic carbocycles. The minimum absolute atomic E-state index is 0.0188. The van der Waals surface area contributed by atoms with E-state index >= 15 is 0 Å². The highest BCUT2D eigenvalue weighted by atomic mass is 17.0. The number of fused-ring (bicyclic) bond motifs is 2. The van der Waals surface area contributed by atoms with Gasteiger partial charge in [0.15, 0.2) is 0 Å². The first-order valence-electron chi connectivity index (χ1n) is 11.6. The van der Waals surface area contributed by atoms with E-state index in [4.69, 9.17) is 10.6 Å². The van der Waals surface area contributed by atoms with Gasteiger partial charge in [-0.1, -0.05) is 69.2 Å². The third-order valence-corrected chi connectivity index (χ3v) is 7.72. The van der Waals surface area contributed by atoms with E-state index in [0.29, 0.717) is 13.0 Å². The van der Waals surface area contributed by atoms with Crippen molar-refractivity contribution in [2.24, 2.45) is 22.5 Å². The molecule has 0 saturated heterocycles. The summed E-state index contributed by atoms with van der Waals surface area (Å²) in [6.07, 6.45) is 6.27. The van der Waals surface area contributed by atoms with Gasteiger partial charge < -0.3 is 15.4 Å². The Labute approximate surface area is 194 Å². The number of nitrogens with zero attached hydrogens (tertiary/aromatic N) is 2. The van der Waals surface area contributed by atoms with Gasteiger partial charge in [-0.05, 0) is 66.4 Å². The van der Waals surface area contributed by atoms with Crippen molar-refractivity contribution in [3.8, 4) is 0 Å². The Morgan fingerprint density at radius 2 is 1.79 bits per heavy atom. The highest BCUT2D eigenvalue weighted by Crippen LogP contribution is 2.61. The van der Waals surface area contributed by atoms with Crippen molar-refractivity contribution in [2.45, 2.75) is 70.8 Å². The molecule has 0 radical (unpaired) electrons. The summed E-state index contributed by atoms with van der Waals surface area (Å²) < 4.78 is 0. The summed E-state index contributed by atoms with van der Waals surface area (Å²) in [6, 6.07) is 10.5. The van der Waals surface area contributed by atoms with Crippen molar-refractivity contribution in [3.05, 3.63) is 67.8 Å². The standard InChI is InChI=1S/C24H35N3O6/c1-4-20(21(33-27(30)31)15-32-26(28)29)23(3)13-18-12-22(2,19-8-6-5-7-9-19)16-24(14-18,17-23)10-11-25/h5-9,13,20-21H,4,10-12,14-17,25H2,1-3H3. The first kappa shape index (κ1) is 25.0. The molecule has 1 fully saturated rings. The van der Waals surface area contributed by atoms with E-state index in [9.17, 15) is 20.2 Å². The molecule has 1 saturated carbocycles. The monoisotopic (exact) mass is 461 g/mol. The minimum atomic E-state index is -1.04. The fourth-order valence-corrected chi connectivity index (χ4v) is 7.02. The first-order valence-corrected chi connectivity index (χ1v) is 11.6. The maximum Gasteiger partial charge on any atom is 0.294 e. The van der Waals surface area contributed by atoms with E-state index < -0.39 is 28.3 Å². The van der Waals surface area contributed by atoms with E-state index in [1.54, 1.807) is 0 Å². The van der Waals surface area contributed by atoms with Crippen molar-refractivity contribution < 1.29 is 19.8 Å². The second-order valence-electron chi connectivity index (χ2n) is 10.4. The SMILES string of the molecule is CCC(C(CO[N+](=O)[O-])O[N+](=O)[O-])C1(C)C=C2CC(CCN)(CC(C)(c3ccccc3)C2)C1. The number of rotatable bonds is 11. The Bertz CT molecular complexity index is 893. The second-order valence-corrected chi connectivity index (χ2v) is 10.4. The van der Waals surface area contributed by atoms with Crippen LogP contribution in [0.1, 0.15) is 64.9 Å². The third kappa shape index (κ3) is 5.46. The van der Waals surface area contributed by atoms with E-state index in [1.807, 2.05) is 13.0 Å². The molecular formula is C24H35N3O6. The molecule has 9 nitrogen and oxygen atoms in total. The molecule has 2 N–H and O–H groups in total. The molecule has 2 aliphatic rings. The molecule has 1 aromatic carbocycles. The van der Waals surface area contributed by atoms with Gasteiger partial charge >= 0.3 is 0 Å². The Morgan fingerprint density at radius 1 is 1.09 bits per heavy atom. The van der Waals surface area contributed by atoms with E-state index in [-0.39, 0.29) is 16.7 Å². The molecule has 3 rings (SSSR count). The van der Waals surface area contributed by atoms with Crippen LogP contribution in [0.2, 0.25) is 0 Å². The van der Waals surface area contributed by atoms with Crippen LogP contribution in [0.25, 0.3) is 0 Å². The first-order chi connectivity index (χ1) is 15.5. The molecule has 182 valence electrons. The molecular weight excluding hydrogens is 426 g/mol. The Balaban J connectivity index is 2.00. The summed E-state index contributed by atoms with van der Waals surface area (Å²) in [5.41, 5.74) is 8.22. The average molecular weight is 462 g/mol. The lowest BCUT2D eigenvalue weighted by Crippen LogP contribution is -2.50. The summed E-state index contributed by atoms with van der Waals surface area (Å²) >= 11 is 0. The third-order valence-electron chi connectivity index (χ3n) is 7.72. The summed E-state index contributed by atoms with van der Waals surface area (Å²) in [6.45, 7) is 6.43. The van der Waals surface area contributed by atoms with Crippen LogP contribution in [-0.4, -0.2) is 29.4 Å². The van der Waals surface area contributed by atoms with Crippen LogP contribution in [0.4, 0.5) is 0 Å². The molecule has 1 aromatic rings. The van der Waals surface area contributed by atoms with Crippen molar-refractivity contribution in [1.29, 1.82) is 0 Å². The summed E-state index contributed by atoms with van der Waals surface area (Å²) in [7, 11) is 0. The van der Waals surface area contributed by atoms with Gasteiger partial charge in [0.2, 0.25) is 0 Å².